The third-order valence-corrected chi connectivity index (χ3v) is 3.12. The van der Waals surface area contributed by atoms with Crippen molar-refractivity contribution in [2.45, 2.75) is 19.4 Å². The zero-order valence-corrected chi connectivity index (χ0v) is 12.6. The summed E-state index contributed by atoms with van der Waals surface area (Å²) in [6, 6.07) is 3.85. The summed E-state index contributed by atoms with van der Waals surface area (Å²) < 4.78 is 10.2. The number of esters is 1. The first kappa shape index (κ1) is 16.3. The number of fused-ring (bicyclic) bond motifs is 1. The zero-order chi connectivity index (χ0) is 17.0. The Labute approximate surface area is 131 Å². The molecule has 3 amide bonds. The lowest BCUT2D eigenvalue weighted by atomic mass is 10.1. The van der Waals surface area contributed by atoms with Crippen LogP contribution in [0.25, 0.3) is 11.0 Å². The molecule has 2 rings (SSSR count). The van der Waals surface area contributed by atoms with Crippen LogP contribution in [0.15, 0.2) is 28.9 Å². The first-order chi connectivity index (χ1) is 10.9. The molecule has 0 spiro atoms. The number of hydrogen-bond acceptors (Lipinski definition) is 6. The van der Waals surface area contributed by atoms with Gasteiger partial charge in [0.05, 0.1) is 12.7 Å². The number of furan rings is 1. The highest BCUT2D eigenvalue weighted by Crippen LogP contribution is 2.25. The van der Waals surface area contributed by atoms with Gasteiger partial charge in [0.25, 0.3) is 5.91 Å². The summed E-state index contributed by atoms with van der Waals surface area (Å²) in [5.74, 6) is -1.31. The second-order valence-electron chi connectivity index (χ2n) is 4.82. The van der Waals surface area contributed by atoms with E-state index in [0.29, 0.717) is 16.5 Å². The Kier molecular flexibility index (Phi) is 4.85. The van der Waals surface area contributed by atoms with Crippen molar-refractivity contribution in [1.29, 1.82) is 0 Å². The Morgan fingerprint density at radius 3 is 2.78 bits per heavy atom. The van der Waals surface area contributed by atoms with Gasteiger partial charge in [-0.1, -0.05) is 0 Å². The summed E-state index contributed by atoms with van der Waals surface area (Å²) in [6.45, 7) is 1.36. The van der Waals surface area contributed by atoms with Gasteiger partial charge in [-0.25, -0.2) is 4.79 Å². The topological polar surface area (TPSA) is 118 Å². The van der Waals surface area contributed by atoms with Crippen molar-refractivity contribution in [3.63, 3.8) is 0 Å². The first-order valence-electron chi connectivity index (χ1n) is 6.82. The molecule has 1 heterocycles. The Hall–Kier alpha value is -3.03. The minimum Gasteiger partial charge on any atom is -0.508 e. The van der Waals surface area contributed by atoms with Gasteiger partial charge in [-0.15, -0.1) is 0 Å². The monoisotopic (exact) mass is 320 g/mol. The molecule has 2 aromatic rings. The van der Waals surface area contributed by atoms with Crippen LogP contribution in [-0.4, -0.2) is 36.2 Å². The number of urea groups is 1. The number of phenols is 1. The van der Waals surface area contributed by atoms with Crippen molar-refractivity contribution < 1.29 is 28.6 Å². The van der Waals surface area contributed by atoms with Crippen LogP contribution in [0.5, 0.6) is 5.75 Å². The first-order valence-corrected chi connectivity index (χ1v) is 6.82. The number of nitrogens with one attached hydrogen (secondary N) is 2. The molecule has 8 nitrogen and oxygen atoms in total. The minimum absolute atomic E-state index is 0.0560. The summed E-state index contributed by atoms with van der Waals surface area (Å²) in [6.07, 6.45) is 0.178. The molecule has 122 valence electrons. The summed E-state index contributed by atoms with van der Waals surface area (Å²) in [5.41, 5.74) is 1.02. The summed E-state index contributed by atoms with van der Waals surface area (Å²) in [5, 5.41) is 14.3. The lowest BCUT2D eigenvalue weighted by molar-refractivity contribution is -0.153. The summed E-state index contributed by atoms with van der Waals surface area (Å²) in [4.78, 5) is 34.5. The van der Waals surface area contributed by atoms with Gasteiger partial charge in [-0.2, -0.15) is 0 Å². The van der Waals surface area contributed by atoms with E-state index in [0.717, 1.165) is 0 Å². The molecule has 0 aliphatic carbocycles. The number of hydrogen-bond donors (Lipinski definition) is 3. The van der Waals surface area contributed by atoms with Crippen LogP contribution < -0.4 is 10.6 Å². The fraction of sp³-hybridized carbons (Fsp3) is 0.267. The van der Waals surface area contributed by atoms with Crippen LogP contribution in [0, 0.1) is 0 Å². The number of rotatable bonds is 4. The summed E-state index contributed by atoms with van der Waals surface area (Å²) in [7, 11) is 1.36. The molecule has 0 unspecified atom stereocenters. The number of aromatic hydroxyl groups is 1. The van der Waals surface area contributed by atoms with E-state index in [1.165, 1.54) is 32.4 Å². The van der Waals surface area contributed by atoms with E-state index in [9.17, 15) is 19.5 Å². The molecule has 0 saturated carbocycles. The van der Waals surface area contributed by atoms with E-state index in [2.05, 4.69) is 5.32 Å². The predicted octanol–water partition coefficient (Wildman–Crippen LogP) is 1.07. The van der Waals surface area contributed by atoms with Crippen molar-refractivity contribution in [3.8, 4) is 5.75 Å². The maximum Gasteiger partial charge on any atom is 0.321 e. The molecule has 0 aliphatic heterocycles. The van der Waals surface area contributed by atoms with Crippen molar-refractivity contribution in [1.82, 2.24) is 10.6 Å². The Balaban J connectivity index is 1.98. The zero-order valence-electron chi connectivity index (χ0n) is 12.6. The molecule has 8 heteroatoms. The number of carbonyl (C=O) groups excluding carboxylic acids is 3. The number of phenolic OH excluding ortho intramolecular Hbond substituents is 1. The van der Waals surface area contributed by atoms with E-state index in [-0.39, 0.29) is 12.2 Å². The third kappa shape index (κ3) is 4.00. The van der Waals surface area contributed by atoms with Crippen molar-refractivity contribution in [2.75, 3.05) is 7.05 Å². The van der Waals surface area contributed by atoms with Crippen LogP contribution in [0.2, 0.25) is 0 Å². The average molecular weight is 320 g/mol. The second-order valence-corrected chi connectivity index (χ2v) is 4.82. The highest BCUT2D eigenvalue weighted by molar-refractivity contribution is 5.97. The van der Waals surface area contributed by atoms with Crippen LogP contribution in [0.1, 0.15) is 12.5 Å². The number of carbonyl (C=O) groups is 3. The maximum absolute atomic E-state index is 11.9. The average Bonchev–Trinajstić information content (AvgIpc) is 2.88. The molecule has 0 radical (unpaired) electrons. The summed E-state index contributed by atoms with van der Waals surface area (Å²) >= 11 is 0. The molecule has 1 atom stereocenters. The number of amides is 3. The molecular formula is C15H16N2O6. The largest absolute Gasteiger partial charge is 0.508 e. The molecule has 0 aliphatic rings. The van der Waals surface area contributed by atoms with Crippen molar-refractivity contribution in [2.24, 2.45) is 0 Å². The van der Waals surface area contributed by atoms with E-state index in [1.807, 2.05) is 5.32 Å². The molecule has 23 heavy (non-hydrogen) atoms. The standard InChI is InChI=1S/C15H16N2O6/c1-8(14(20)17-15(21)16-2)23-13(19)5-9-7-22-12-6-10(18)3-4-11(9)12/h3-4,6-8,18H,5H2,1-2H3,(H2,16,17,20,21)/t8-/m1/s1. The SMILES string of the molecule is CNC(=O)NC(=O)[C@@H](C)OC(=O)Cc1coc2cc(O)ccc12. The number of benzene rings is 1. The quantitative estimate of drug-likeness (QED) is 0.725. The van der Waals surface area contributed by atoms with Gasteiger partial charge >= 0.3 is 12.0 Å². The van der Waals surface area contributed by atoms with Crippen molar-refractivity contribution >= 4 is 28.9 Å². The Bertz CT molecular complexity index is 752. The Morgan fingerprint density at radius 2 is 2.09 bits per heavy atom. The fourth-order valence-electron chi connectivity index (χ4n) is 1.93. The smallest absolute Gasteiger partial charge is 0.321 e. The van der Waals surface area contributed by atoms with Crippen LogP contribution in [0.3, 0.4) is 0 Å². The lowest BCUT2D eigenvalue weighted by Gasteiger charge is -2.12. The maximum atomic E-state index is 11.9. The molecule has 1 aromatic carbocycles. The van der Waals surface area contributed by atoms with Crippen LogP contribution in [0.4, 0.5) is 4.79 Å². The highest BCUT2D eigenvalue weighted by atomic mass is 16.5. The van der Waals surface area contributed by atoms with Gasteiger partial charge in [0.2, 0.25) is 0 Å². The molecule has 3 N–H and O–H groups in total. The van der Waals surface area contributed by atoms with Crippen molar-refractivity contribution in [3.05, 3.63) is 30.0 Å². The van der Waals surface area contributed by atoms with Crippen LogP contribution in [-0.2, 0) is 20.7 Å². The van der Waals surface area contributed by atoms with E-state index in [1.54, 1.807) is 6.07 Å². The minimum atomic E-state index is -1.11. The predicted molar refractivity (Wildman–Crippen MR) is 79.7 cm³/mol. The lowest BCUT2D eigenvalue weighted by Crippen LogP contribution is -2.43. The van der Waals surface area contributed by atoms with Gasteiger partial charge in [0.1, 0.15) is 11.3 Å². The van der Waals surface area contributed by atoms with Gasteiger partial charge in [-0.05, 0) is 19.1 Å². The molecule has 0 bridgehead atoms. The van der Waals surface area contributed by atoms with Gasteiger partial charge in [0, 0.05) is 24.1 Å². The molecular weight excluding hydrogens is 304 g/mol. The molecule has 0 saturated heterocycles. The molecule has 0 fully saturated rings. The van der Waals surface area contributed by atoms with Gasteiger partial charge in [-0.3, -0.25) is 14.9 Å². The van der Waals surface area contributed by atoms with E-state index >= 15 is 0 Å². The normalized spacial score (nSPS) is 11.7. The number of imide groups is 1. The Morgan fingerprint density at radius 1 is 1.35 bits per heavy atom. The fourth-order valence-corrected chi connectivity index (χ4v) is 1.93. The van der Waals surface area contributed by atoms with Gasteiger partial charge < -0.3 is 19.6 Å². The number of ether oxygens (including phenoxy) is 1. The second kappa shape index (κ2) is 6.82. The third-order valence-electron chi connectivity index (χ3n) is 3.12. The highest BCUT2D eigenvalue weighted by Gasteiger charge is 2.20. The van der Waals surface area contributed by atoms with Gasteiger partial charge in [0.15, 0.2) is 6.10 Å². The van der Waals surface area contributed by atoms with E-state index in [4.69, 9.17) is 9.15 Å². The molecule has 1 aromatic heterocycles. The van der Waals surface area contributed by atoms with E-state index < -0.39 is 24.0 Å². The van der Waals surface area contributed by atoms with Crippen LogP contribution >= 0.6 is 0 Å².